The molecule has 0 unspecified atom stereocenters. The number of aliphatic hydroxyl groups excluding tert-OH is 1. The third-order valence-electron chi connectivity index (χ3n) is 5.39. The maximum atomic E-state index is 8.90. The van der Waals surface area contributed by atoms with Crippen molar-refractivity contribution in [2.24, 2.45) is 0 Å². The molecule has 3 heteroatoms. The monoisotopic (exact) mass is 412 g/mol. The molecule has 0 aliphatic rings. The summed E-state index contributed by atoms with van der Waals surface area (Å²) in [5.74, 6) is 0. The molecule has 0 aromatic rings. The molecule has 0 saturated heterocycles. The lowest BCUT2D eigenvalue weighted by atomic mass is 10.1. The average Bonchev–Trinajstić information content (AvgIpc) is 2.73. The predicted octanol–water partition coefficient (Wildman–Crippen LogP) is 7.96. The van der Waals surface area contributed by atoms with Crippen LogP contribution in [0, 0.1) is 0 Å². The van der Waals surface area contributed by atoms with Gasteiger partial charge in [0.05, 0.1) is 0 Å². The Morgan fingerprint density at radius 3 is 1.41 bits per heavy atom. The van der Waals surface area contributed by atoms with Crippen LogP contribution in [-0.4, -0.2) is 31.2 Å². The van der Waals surface area contributed by atoms with E-state index < -0.39 is 0 Å². The van der Waals surface area contributed by atoms with Crippen LogP contribution in [-0.2, 0) is 9.47 Å². The number of hydrogen-bond donors (Lipinski definition) is 1. The summed E-state index contributed by atoms with van der Waals surface area (Å²) in [5, 5.41) is 8.90. The average molecular weight is 413 g/mol. The van der Waals surface area contributed by atoms with Gasteiger partial charge in [-0.2, -0.15) is 0 Å². The number of ether oxygens (including phenoxy) is 2. The van der Waals surface area contributed by atoms with Gasteiger partial charge < -0.3 is 14.6 Å². The van der Waals surface area contributed by atoms with Gasteiger partial charge >= 0.3 is 0 Å². The van der Waals surface area contributed by atoms with E-state index in [0.717, 1.165) is 32.5 Å². The van der Waals surface area contributed by atoms with Gasteiger partial charge in [0, 0.05) is 26.2 Å². The minimum absolute atomic E-state index is 0.126. The van der Waals surface area contributed by atoms with Crippen LogP contribution in [0.1, 0.15) is 129 Å². The van der Waals surface area contributed by atoms with Gasteiger partial charge in [0.15, 0.2) is 6.29 Å². The molecule has 0 saturated carbocycles. The SMILES string of the molecule is CCCCCCCCCCOC(C/C=C/CCO)OCCCCCCCCCC. The summed E-state index contributed by atoms with van der Waals surface area (Å²) < 4.78 is 12.0. The molecule has 174 valence electrons. The van der Waals surface area contributed by atoms with Crippen molar-refractivity contribution in [3.63, 3.8) is 0 Å². The minimum Gasteiger partial charge on any atom is -0.396 e. The molecule has 0 bridgehead atoms. The lowest BCUT2D eigenvalue weighted by Gasteiger charge is -2.17. The van der Waals surface area contributed by atoms with E-state index in [1.54, 1.807) is 0 Å². The van der Waals surface area contributed by atoms with Crippen molar-refractivity contribution in [2.75, 3.05) is 19.8 Å². The second-order valence-corrected chi connectivity index (χ2v) is 8.34. The van der Waals surface area contributed by atoms with E-state index in [4.69, 9.17) is 14.6 Å². The highest BCUT2D eigenvalue weighted by Crippen LogP contribution is 2.12. The smallest absolute Gasteiger partial charge is 0.160 e. The predicted molar refractivity (Wildman–Crippen MR) is 126 cm³/mol. The Morgan fingerprint density at radius 2 is 1.00 bits per heavy atom. The molecule has 0 aliphatic heterocycles. The van der Waals surface area contributed by atoms with Crippen LogP contribution in [0.5, 0.6) is 0 Å². The molecular weight excluding hydrogens is 360 g/mol. The van der Waals surface area contributed by atoms with E-state index in [9.17, 15) is 0 Å². The van der Waals surface area contributed by atoms with Gasteiger partial charge in [-0.3, -0.25) is 0 Å². The number of aliphatic hydroxyl groups is 1. The van der Waals surface area contributed by atoms with Crippen molar-refractivity contribution in [1.82, 2.24) is 0 Å². The van der Waals surface area contributed by atoms with Crippen LogP contribution < -0.4 is 0 Å². The molecule has 0 aromatic heterocycles. The molecule has 0 radical (unpaired) electrons. The Kier molecular flexibility index (Phi) is 25.3. The molecule has 0 fully saturated rings. The molecule has 3 nitrogen and oxygen atoms in total. The Hall–Kier alpha value is -0.380. The summed E-state index contributed by atoms with van der Waals surface area (Å²) >= 11 is 0. The molecule has 1 N–H and O–H groups in total. The maximum Gasteiger partial charge on any atom is 0.160 e. The maximum absolute atomic E-state index is 8.90. The molecule has 29 heavy (non-hydrogen) atoms. The zero-order valence-corrected chi connectivity index (χ0v) is 19.8. The Morgan fingerprint density at radius 1 is 0.586 bits per heavy atom. The summed E-state index contributed by atoms with van der Waals surface area (Å²) in [4.78, 5) is 0. The molecule has 0 spiro atoms. The van der Waals surface area contributed by atoms with Gasteiger partial charge in [0.25, 0.3) is 0 Å². The van der Waals surface area contributed by atoms with Crippen LogP contribution in [0.4, 0.5) is 0 Å². The molecule has 0 rings (SSSR count). The molecular formula is C26H52O3. The van der Waals surface area contributed by atoms with Crippen LogP contribution in [0.3, 0.4) is 0 Å². The normalized spacial score (nSPS) is 11.9. The summed E-state index contributed by atoms with van der Waals surface area (Å²) in [7, 11) is 0. The lowest BCUT2D eigenvalue weighted by molar-refractivity contribution is -0.141. The topological polar surface area (TPSA) is 38.7 Å². The Labute approximate surface area is 182 Å². The molecule has 0 atom stereocenters. The number of hydrogen-bond acceptors (Lipinski definition) is 3. The van der Waals surface area contributed by atoms with Crippen molar-refractivity contribution in [3.8, 4) is 0 Å². The van der Waals surface area contributed by atoms with Crippen LogP contribution in [0.25, 0.3) is 0 Å². The molecule has 0 aromatic carbocycles. The number of rotatable bonds is 24. The van der Waals surface area contributed by atoms with Crippen molar-refractivity contribution >= 4 is 0 Å². The zero-order chi connectivity index (χ0) is 21.3. The first-order valence-electron chi connectivity index (χ1n) is 12.8. The van der Waals surface area contributed by atoms with Gasteiger partial charge in [0.1, 0.15) is 0 Å². The number of unbranched alkanes of at least 4 members (excludes halogenated alkanes) is 14. The van der Waals surface area contributed by atoms with Gasteiger partial charge in [0.2, 0.25) is 0 Å². The Bertz CT molecular complexity index is 295. The second-order valence-electron chi connectivity index (χ2n) is 8.34. The van der Waals surface area contributed by atoms with Crippen LogP contribution in [0.15, 0.2) is 12.2 Å². The van der Waals surface area contributed by atoms with Crippen molar-refractivity contribution in [2.45, 2.75) is 136 Å². The van der Waals surface area contributed by atoms with E-state index in [2.05, 4.69) is 19.9 Å². The van der Waals surface area contributed by atoms with Crippen LogP contribution >= 0.6 is 0 Å². The van der Waals surface area contributed by atoms with Gasteiger partial charge in [-0.25, -0.2) is 0 Å². The summed E-state index contributed by atoms with van der Waals surface area (Å²) in [6.07, 6.45) is 26.6. The van der Waals surface area contributed by atoms with E-state index in [1.165, 1.54) is 89.9 Å². The minimum atomic E-state index is -0.126. The standard InChI is InChI=1S/C26H52O3/c1-3-5-7-9-11-13-15-20-24-28-26(22-18-17-19-23-27)29-25-21-16-14-12-10-8-6-4-2/h17-18,26-27H,3-16,19-25H2,1-2H3/b18-17+. The van der Waals surface area contributed by atoms with E-state index in [-0.39, 0.29) is 12.9 Å². The molecule has 0 aliphatic carbocycles. The first kappa shape index (κ1) is 28.6. The first-order valence-corrected chi connectivity index (χ1v) is 12.8. The Balaban J connectivity index is 3.75. The highest BCUT2D eigenvalue weighted by Gasteiger charge is 2.07. The fourth-order valence-corrected chi connectivity index (χ4v) is 3.49. The fraction of sp³-hybridized carbons (Fsp3) is 0.923. The van der Waals surface area contributed by atoms with Gasteiger partial charge in [-0.05, 0) is 19.3 Å². The lowest BCUT2D eigenvalue weighted by Crippen LogP contribution is -2.18. The molecule has 0 heterocycles. The third-order valence-corrected chi connectivity index (χ3v) is 5.39. The van der Waals surface area contributed by atoms with Gasteiger partial charge in [-0.15, -0.1) is 0 Å². The summed E-state index contributed by atoms with van der Waals surface area (Å²) in [6.45, 7) is 6.34. The molecule has 0 amide bonds. The van der Waals surface area contributed by atoms with Crippen molar-refractivity contribution in [3.05, 3.63) is 12.2 Å². The second kappa shape index (κ2) is 25.7. The van der Waals surface area contributed by atoms with Crippen molar-refractivity contribution in [1.29, 1.82) is 0 Å². The summed E-state index contributed by atoms with van der Waals surface area (Å²) in [6, 6.07) is 0. The highest BCUT2D eigenvalue weighted by molar-refractivity contribution is 4.82. The van der Waals surface area contributed by atoms with Gasteiger partial charge in [-0.1, -0.05) is 116 Å². The van der Waals surface area contributed by atoms with Crippen molar-refractivity contribution < 1.29 is 14.6 Å². The zero-order valence-electron chi connectivity index (χ0n) is 19.8. The largest absolute Gasteiger partial charge is 0.396 e. The highest BCUT2D eigenvalue weighted by atomic mass is 16.7. The van der Waals surface area contributed by atoms with E-state index in [1.807, 2.05) is 6.08 Å². The third kappa shape index (κ3) is 23.8. The van der Waals surface area contributed by atoms with Crippen LogP contribution in [0.2, 0.25) is 0 Å². The van der Waals surface area contributed by atoms with E-state index in [0.29, 0.717) is 6.42 Å². The summed E-state index contributed by atoms with van der Waals surface area (Å²) in [5.41, 5.74) is 0. The quantitative estimate of drug-likeness (QED) is 0.0992. The first-order chi connectivity index (χ1) is 14.3. The fourth-order valence-electron chi connectivity index (χ4n) is 3.49. The van der Waals surface area contributed by atoms with E-state index >= 15 is 0 Å².